The van der Waals surface area contributed by atoms with Gasteiger partial charge in [0.1, 0.15) is 0 Å². The molecule has 0 amide bonds. The molecule has 0 aromatic carbocycles. The summed E-state index contributed by atoms with van der Waals surface area (Å²) in [4.78, 5) is 0. The lowest BCUT2D eigenvalue weighted by Crippen LogP contribution is -2.04. The van der Waals surface area contributed by atoms with Crippen LogP contribution in [0.5, 0.6) is 0 Å². The van der Waals surface area contributed by atoms with Gasteiger partial charge in [-0.3, -0.25) is 0 Å². The van der Waals surface area contributed by atoms with Crippen LogP contribution in [0.4, 0.5) is 0 Å². The molecule has 3 N–H and O–H groups in total. The van der Waals surface area contributed by atoms with E-state index in [0.717, 1.165) is 12.1 Å². The van der Waals surface area contributed by atoms with Gasteiger partial charge in [0.2, 0.25) is 0 Å². The lowest BCUT2D eigenvalue weighted by atomic mass is 10.3. The minimum absolute atomic E-state index is 0.848. The van der Waals surface area contributed by atoms with E-state index in [9.17, 15) is 0 Å². The molecule has 0 unspecified atom stereocenters. The van der Waals surface area contributed by atoms with Crippen LogP contribution >= 0.6 is 0 Å². The van der Waals surface area contributed by atoms with E-state index in [0.29, 0.717) is 0 Å². The second kappa shape index (κ2) is 5.20. The minimum atomic E-state index is 0.848. The van der Waals surface area contributed by atoms with Crippen LogP contribution in [0.3, 0.4) is 0 Å². The third-order valence-corrected chi connectivity index (χ3v) is 0.882. The Bertz CT molecular complexity index is 148. The normalized spacial score (nSPS) is 10.2. The van der Waals surface area contributed by atoms with Gasteiger partial charge < -0.3 is 11.1 Å². The van der Waals surface area contributed by atoms with Crippen LogP contribution in [0, 0.1) is 12.0 Å². The first kappa shape index (κ1) is 8.06. The zero-order chi connectivity index (χ0) is 7.11. The van der Waals surface area contributed by atoms with Crippen molar-refractivity contribution >= 4 is 0 Å². The smallest absolute Gasteiger partial charge is 0.0143 e. The van der Waals surface area contributed by atoms with E-state index >= 15 is 0 Å². The van der Waals surface area contributed by atoms with Gasteiger partial charge in [0, 0.05) is 12.6 Å². The van der Waals surface area contributed by atoms with Gasteiger partial charge in [-0.05, 0) is 25.5 Å². The molecule has 0 aromatic rings. The van der Waals surface area contributed by atoms with Crippen molar-refractivity contribution in [1.82, 2.24) is 5.32 Å². The maximum atomic E-state index is 4.98. The highest BCUT2D eigenvalue weighted by Gasteiger charge is 1.76. The molecule has 0 heterocycles. The quantitative estimate of drug-likeness (QED) is 0.404. The van der Waals surface area contributed by atoms with Crippen molar-refractivity contribution < 1.29 is 0 Å². The molecule has 2 heteroatoms. The molecule has 0 saturated heterocycles. The van der Waals surface area contributed by atoms with Crippen LogP contribution in [0.15, 0.2) is 11.6 Å². The summed E-state index contributed by atoms with van der Waals surface area (Å²) in [6, 6.07) is 2.33. The number of allylic oxidation sites excluding steroid dienone is 1. The minimum Gasteiger partial charge on any atom is -0.359 e. The first-order valence-corrected chi connectivity index (χ1v) is 2.84. The monoisotopic (exact) mass is 124 g/mol. The lowest BCUT2D eigenvalue weighted by Gasteiger charge is -1.88. The summed E-state index contributed by atoms with van der Waals surface area (Å²) in [5.41, 5.74) is 5.99. The Hall–Kier alpha value is -0.940. The summed E-state index contributed by atoms with van der Waals surface area (Å²) in [7, 11) is 1.89. The SMILES string of the molecule is CNC/C=C(\C)C#CN. The van der Waals surface area contributed by atoms with Gasteiger partial charge in [-0.25, -0.2) is 0 Å². The maximum Gasteiger partial charge on any atom is 0.0143 e. The topological polar surface area (TPSA) is 38.0 Å². The maximum absolute atomic E-state index is 4.98. The van der Waals surface area contributed by atoms with Gasteiger partial charge in [0.15, 0.2) is 0 Å². The summed E-state index contributed by atoms with van der Waals surface area (Å²) >= 11 is 0. The fourth-order valence-corrected chi connectivity index (χ4v) is 0.420. The molecule has 0 bridgehead atoms. The van der Waals surface area contributed by atoms with E-state index in [1.54, 1.807) is 0 Å². The largest absolute Gasteiger partial charge is 0.359 e. The highest BCUT2D eigenvalue weighted by atomic mass is 14.8. The first-order valence-electron chi connectivity index (χ1n) is 2.84. The molecule has 0 aliphatic rings. The molecule has 0 atom stereocenters. The number of nitrogens with two attached hydrogens (primary N) is 1. The lowest BCUT2D eigenvalue weighted by molar-refractivity contribution is 0.916. The molecular weight excluding hydrogens is 112 g/mol. The van der Waals surface area contributed by atoms with E-state index in [2.05, 4.69) is 17.3 Å². The van der Waals surface area contributed by atoms with Crippen molar-refractivity contribution in [2.75, 3.05) is 13.6 Å². The third kappa shape index (κ3) is 4.92. The highest BCUT2D eigenvalue weighted by molar-refractivity contribution is 5.25. The van der Waals surface area contributed by atoms with Gasteiger partial charge in [-0.2, -0.15) is 0 Å². The summed E-state index contributed by atoms with van der Waals surface area (Å²) in [6.45, 7) is 2.78. The fraction of sp³-hybridized carbons (Fsp3) is 0.429. The van der Waals surface area contributed by atoms with Crippen LogP contribution < -0.4 is 11.1 Å². The molecule has 0 spiro atoms. The van der Waals surface area contributed by atoms with Crippen LogP contribution in [-0.2, 0) is 0 Å². The van der Waals surface area contributed by atoms with E-state index < -0.39 is 0 Å². The van der Waals surface area contributed by atoms with Gasteiger partial charge >= 0.3 is 0 Å². The fourth-order valence-electron chi connectivity index (χ4n) is 0.420. The molecule has 0 aromatic heterocycles. The van der Waals surface area contributed by atoms with Gasteiger partial charge in [0.05, 0.1) is 0 Å². The van der Waals surface area contributed by atoms with Crippen molar-refractivity contribution in [2.24, 2.45) is 5.73 Å². The van der Waals surface area contributed by atoms with E-state index in [1.807, 2.05) is 20.0 Å². The molecule has 0 aliphatic heterocycles. The average molecular weight is 124 g/mol. The van der Waals surface area contributed by atoms with Crippen LogP contribution in [0.2, 0.25) is 0 Å². The highest BCUT2D eigenvalue weighted by Crippen LogP contribution is 1.84. The van der Waals surface area contributed by atoms with Crippen molar-refractivity contribution in [3.8, 4) is 12.0 Å². The number of nitrogens with one attached hydrogen (secondary N) is 1. The van der Waals surface area contributed by atoms with Gasteiger partial charge in [-0.1, -0.05) is 6.08 Å². The zero-order valence-corrected chi connectivity index (χ0v) is 5.86. The van der Waals surface area contributed by atoms with Gasteiger partial charge in [-0.15, -0.1) is 0 Å². The Kier molecular flexibility index (Phi) is 4.66. The van der Waals surface area contributed by atoms with Crippen LogP contribution in [0.1, 0.15) is 6.92 Å². The summed E-state index contributed by atoms with van der Waals surface area (Å²) < 4.78 is 0. The summed E-state index contributed by atoms with van der Waals surface area (Å²) in [5.74, 6) is 2.73. The van der Waals surface area contributed by atoms with E-state index in [1.165, 1.54) is 0 Å². The second-order valence-corrected chi connectivity index (χ2v) is 1.71. The number of hydrogen-bond donors (Lipinski definition) is 2. The van der Waals surface area contributed by atoms with Crippen molar-refractivity contribution in [3.63, 3.8) is 0 Å². The third-order valence-electron chi connectivity index (χ3n) is 0.882. The molecule has 0 saturated carbocycles. The average Bonchev–Trinajstić information content (AvgIpc) is 1.85. The first-order chi connectivity index (χ1) is 4.31. The molecule has 0 fully saturated rings. The summed E-state index contributed by atoms with van der Waals surface area (Å²) in [5, 5.41) is 2.97. The number of rotatable bonds is 2. The number of hydrogen-bond acceptors (Lipinski definition) is 2. The Balaban J connectivity index is 3.65. The molecule has 9 heavy (non-hydrogen) atoms. The van der Waals surface area contributed by atoms with Crippen molar-refractivity contribution in [2.45, 2.75) is 6.92 Å². The predicted molar refractivity (Wildman–Crippen MR) is 39.6 cm³/mol. The van der Waals surface area contributed by atoms with Gasteiger partial charge in [0.25, 0.3) is 0 Å². The molecule has 50 valence electrons. The van der Waals surface area contributed by atoms with Crippen molar-refractivity contribution in [1.29, 1.82) is 0 Å². The van der Waals surface area contributed by atoms with Crippen LogP contribution in [-0.4, -0.2) is 13.6 Å². The zero-order valence-electron chi connectivity index (χ0n) is 5.86. The molecule has 0 aliphatic carbocycles. The molecule has 2 nitrogen and oxygen atoms in total. The Morgan fingerprint density at radius 3 is 2.89 bits per heavy atom. The predicted octanol–water partition coefficient (Wildman–Crippen LogP) is 0.0717. The van der Waals surface area contributed by atoms with Crippen molar-refractivity contribution in [3.05, 3.63) is 11.6 Å². The second-order valence-electron chi connectivity index (χ2n) is 1.71. The standard InChI is InChI=1S/C7H12N2/c1-7(3-5-8)4-6-9-2/h4,9H,6,8H2,1-2H3/b7-4+. The Labute approximate surface area is 56.1 Å². The molecular formula is C7H12N2. The Morgan fingerprint density at radius 1 is 1.78 bits per heavy atom. The molecule has 0 radical (unpaired) electrons. The van der Waals surface area contributed by atoms with Crippen LogP contribution in [0.25, 0.3) is 0 Å². The summed E-state index contributed by atoms with van der Waals surface area (Å²) in [6.07, 6.45) is 1.99. The van der Waals surface area contributed by atoms with E-state index in [4.69, 9.17) is 5.73 Å². The number of likely N-dealkylation sites (N-methyl/N-ethyl adjacent to an activating group) is 1. The van der Waals surface area contributed by atoms with E-state index in [-0.39, 0.29) is 0 Å². The Morgan fingerprint density at radius 2 is 2.44 bits per heavy atom. The molecule has 0 rings (SSSR count).